The smallest absolute Gasteiger partial charge is 0.251 e. The number of rotatable bonds is 5. The molecule has 0 aromatic heterocycles. The normalized spacial score (nSPS) is 10.2. The van der Waals surface area contributed by atoms with Crippen LogP contribution in [0.15, 0.2) is 42.5 Å². The number of carbonyl (C=O) groups excluding carboxylic acids is 1. The highest BCUT2D eigenvalue weighted by Crippen LogP contribution is 2.23. The zero-order chi connectivity index (χ0) is 15.2. The Morgan fingerprint density at radius 1 is 1.19 bits per heavy atom. The zero-order valence-electron chi connectivity index (χ0n) is 11.7. The maximum absolute atomic E-state index is 11.6. The van der Waals surface area contributed by atoms with E-state index in [2.05, 4.69) is 10.6 Å². The van der Waals surface area contributed by atoms with Crippen LogP contribution in [0.4, 0.5) is 5.69 Å². The summed E-state index contributed by atoms with van der Waals surface area (Å²) < 4.78 is 0. The van der Waals surface area contributed by atoms with E-state index in [9.17, 15) is 4.79 Å². The summed E-state index contributed by atoms with van der Waals surface area (Å²) in [4.78, 5) is 11.6. The van der Waals surface area contributed by atoms with Gasteiger partial charge in [0.1, 0.15) is 0 Å². The molecule has 0 saturated heterocycles. The molecule has 0 aliphatic heterocycles. The molecule has 0 spiro atoms. The summed E-state index contributed by atoms with van der Waals surface area (Å²) in [5, 5.41) is 15.6. The summed E-state index contributed by atoms with van der Waals surface area (Å²) in [6.07, 6.45) is 0. The third kappa shape index (κ3) is 3.97. The molecule has 0 heterocycles. The molecule has 1 amide bonds. The van der Waals surface area contributed by atoms with Gasteiger partial charge >= 0.3 is 0 Å². The predicted molar refractivity (Wildman–Crippen MR) is 84.5 cm³/mol. The number of aliphatic hydroxyl groups is 1. The van der Waals surface area contributed by atoms with Crippen molar-refractivity contribution < 1.29 is 9.90 Å². The second-order valence-corrected chi connectivity index (χ2v) is 5.01. The summed E-state index contributed by atoms with van der Waals surface area (Å²) >= 11 is 6.12. The minimum atomic E-state index is -0.114. The molecule has 0 aliphatic carbocycles. The summed E-state index contributed by atoms with van der Waals surface area (Å²) in [7, 11) is 1.60. The fourth-order valence-electron chi connectivity index (χ4n) is 1.97. The van der Waals surface area contributed by atoms with Gasteiger partial charge in [0, 0.05) is 19.2 Å². The molecule has 0 saturated carbocycles. The van der Waals surface area contributed by atoms with Crippen molar-refractivity contribution in [1.29, 1.82) is 0 Å². The van der Waals surface area contributed by atoms with E-state index in [-0.39, 0.29) is 12.5 Å². The van der Waals surface area contributed by atoms with Crippen LogP contribution in [0.2, 0.25) is 5.02 Å². The van der Waals surface area contributed by atoms with E-state index in [0.717, 1.165) is 16.8 Å². The molecule has 2 aromatic rings. The summed E-state index contributed by atoms with van der Waals surface area (Å²) in [5.74, 6) is -0.114. The first-order chi connectivity index (χ1) is 10.1. The van der Waals surface area contributed by atoms with Gasteiger partial charge in [-0.15, -0.1) is 0 Å². The maximum Gasteiger partial charge on any atom is 0.251 e. The van der Waals surface area contributed by atoms with Gasteiger partial charge in [-0.3, -0.25) is 4.79 Å². The van der Waals surface area contributed by atoms with Gasteiger partial charge < -0.3 is 15.7 Å². The summed E-state index contributed by atoms with van der Waals surface area (Å²) in [6.45, 7) is 0.511. The third-order valence-electron chi connectivity index (χ3n) is 3.11. The van der Waals surface area contributed by atoms with Gasteiger partial charge in [0.05, 0.1) is 17.3 Å². The van der Waals surface area contributed by atoms with Gasteiger partial charge in [0.15, 0.2) is 0 Å². The minimum absolute atomic E-state index is 0.0298. The maximum atomic E-state index is 11.6. The molecule has 0 bridgehead atoms. The quantitative estimate of drug-likeness (QED) is 0.796. The lowest BCUT2D eigenvalue weighted by Gasteiger charge is -2.10. The Bertz CT molecular complexity index is 644. The van der Waals surface area contributed by atoms with Gasteiger partial charge in [-0.05, 0) is 35.4 Å². The Labute approximate surface area is 128 Å². The largest absolute Gasteiger partial charge is 0.392 e. The predicted octanol–water partition coefficient (Wildman–Crippen LogP) is 2.80. The lowest BCUT2D eigenvalue weighted by Crippen LogP contribution is -2.18. The van der Waals surface area contributed by atoms with Gasteiger partial charge in [-0.2, -0.15) is 0 Å². The standard InChI is InChI=1S/C16H17ClN2O2/c1-18-16(21)13-4-2-3-11(7-13)9-19-15-8-12(10-20)5-6-14(15)17/h2-8,19-20H,9-10H2,1H3,(H,18,21). The van der Waals surface area contributed by atoms with E-state index in [0.29, 0.717) is 17.1 Å². The number of nitrogens with one attached hydrogen (secondary N) is 2. The SMILES string of the molecule is CNC(=O)c1cccc(CNc2cc(CO)ccc2Cl)c1. The topological polar surface area (TPSA) is 61.4 Å². The monoisotopic (exact) mass is 304 g/mol. The molecule has 0 fully saturated rings. The second-order valence-electron chi connectivity index (χ2n) is 4.61. The van der Waals surface area contributed by atoms with Crippen molar-refractivity contribution in [3.05, 3.63) is 64.2 Å². The molecule has 0 atom stereocenters. The molecule has 0 unspecified atom stereocenters. The molecule has 0 radical (unpaired) electrons. The van der Waals surface area contributed by atoms with Gasteiger partial charge in [0.25, 0.3) is 5.91 Å². The summed E-state index contributed by atoms with van der Waals surface area (Å²) in [6, 6.07) is 12.7. The highest BCUT2D eigenvalue weighted by Gasteiger charge is 2.05. The van der Waals surface area contributed by atoms with E-state index in [1.165, 1.54) is 0 Å². The number of amides is 1. The zero-order valence-corrected chi connectivity index (χ0v) is 12.4. The van der Waals surface area contributed by atoms with Crippen LogP contribution >= 0.6 is 11.6 Å². The third-order valence-corrected chi connectivity index (χ3v) is 3.44. The molecule has 2 aromatic carbocycles. The molecule has 3 N–H and O–H groups in total. The molecular formula is C16H17ClN2O2. The Morgan fingerprint density at radius 3 is 2.71 bits per heavy atom. The van der Waals surface area contributed by atoms with Crippen LogP contribution in [0.25, 0.3) is 0 Å². The van der Waals surface area contributed by atoms with Crippen LogP contribution in [-0.4, -0.2) is 18.1 Å². The fraction of sp³-hybridized carbons (Fsp3) is 0.188. The van der Waals surface area contributed by atoms with E-state index in [1.807, 2.05) is 24.3 Å². The Morgan fingerprint density at radius 2 is 2.00 bits per heavy atom. The van der Waals surface area contributed by atoms with Crippen molar-refractivity contribution in [3.8, 4) is 0 Å². The van der Waals surface area contributed by atoms with Gasteiger partial charge in [-0.1, -0.05) is 29.8 Å². The van der Waals surface area contributed by atoms with Crippen LogP contribution < -0.4 is 10.6 Å². The Kier molecular flexibility index (Phi) is 5.20. The lowest BCUT2D eigenvalue weighted by atomic mass is 10.1. The number of aliphatic hydroxyl groups excluding tert-OH is 1. The number of carbonyl (C=O) groups is 1. The van der Waals surface area contributed by atoms with E-state index < -0.39 is 0 Å². The molecule has 5 heteroatoms. The minimum Gasteiger partial charge on any atom is -0.392 e. The van der Waals surface area contributed by atoms with E-state index in [1.54, 1.807) is 25.2 Å². The molecule has 110 valence electrons. The number of halogens is 1. The van der Waals surface area contributed by atoms with Crippen molar-refractivity contribution in [2.45, 2.75) is 13.2 Å². The van der Waals surface area contributed by atoms with Crippen molar-refractivity contribution in [2.24, 2.45) is 0 Å². The number of anilines is 1. The second kappa shape index (κ2) is 7.11. The lowest BCUT2D eigenvalue weighted by molar-refractivity contribution is 0.0963. The first-order valence-corrected chi connectivity index (χ1v) is 6.96. The van der Waals surface area contributed by atoms with E-state index >= 15 is 0 Å². The van der Waals surface area contributed by atoms with Crippen LogP contribution in [0, 0.1) is 0 Å². The Balaban J connectivity index is 2.11. The van der Waals surface area contributed by atoms with Gasteiger partial charge in [-0.25, -0.2) is 0 Å². The average Bonchev–Trinajstić information content (AvgIpc) is 2.53. The summed E-state index contributed by atoms with van der Waals surface area (Å²) in [5.41, 5.74) is 3.14. The number of benzene rings is 2. The van der Waals surface area contributed by atoms with Crippen LogP contribution in [-0.2, 0) is 13.2 Å². The van der Waals surface area contributed by atoms with Crippen molar-refractivity contribution in [2.75, 3.05) is 12.4 Å². The average molecular weight is 305 g/mol. The van der Waals surface area contributed by atoms with Gasteiger partial charge in [0.2, 0.25) is 0 Å². The van der Waals surface area contributed by atoms with Crippen LogP contribution in [0.5, 0.6) is 0 Å². The molecular weight excluding hydrogens is 288 g/mol. The molecule has 0 aliphatic rings. The van der Waals surface area contributed by atoms with Crippen molar-refractivity contribution in [1.82, 2.24) is 5.32 Å². The highest BCUT2D eigenvalue weighted by molar-refractivity contribution is 6.33. The molecule has 2 rings (SSSR count). The van der Waals surface area contributed by atoms with E-state index in [4.69, 9.17) is 16.7 Å². The number of hydrogen-bond donors (Lipinski definition) is 3. The van der Waals surface area contributed by atoms with Crippen LogP contribution in [0.1, 0.15) is 21.5 Å². The molecule has 21 heavy (non-hydrogen) atoms. The Hall–Kier alpha value is -2.04. The van der Waals surface area contributed by atoms with Crippen LogP contribution in [0.3, 0.4) is 0 Å². The van der Waals surface area contributed by atoms with Crippen molar-refractivity contribution in [3.63, 3.8) is 0 Å². The van der Waals surface area contributed by atoms with Crippen molar-refractivity contribution >= 4 is 23.2 Å². The highest BCUT2D eigenvalue weighted by atomic mass is 35.5. The first-order valence-electron chi connectivity index (χ1n) is 6.58. The number of hydrogen-bond acceptors (Lipinski definition) is 3. The fourth-order valence-corrected chi connectivity index (χ4v) is 2.15. The molecule has 4 nitrogen and oxygen atoms in total. The first kappa shape index (κ1) is 15.4.